The van der Waals surface area contributed by atoms with E-state index >= 15 is 0 Å². The number of carbonyl (C=O) groups excluding carboxylic acids is 1. The zero-order valence-corrected chi connectivity index (χ0v) is 14.5. The van der Waals surface area contributed by atoms with Crippen LogP contribution in [0.4, 0.5) is 0 Å². The van der Waals surface area contributed by atoms with E-state index in [4.69, 9.17) is 4.52 Å². The van der Waals surface area contributed by atoms with Crippen molar-refractivity contribution >= 4 is 5.91 Å². The first-order chi connectivity index (χ1) is 11.2. The minimum absolute atomic E-state index is 0.0176. The summed E-state index contributed by atoms with van der Waals surface area (Å²) in [7, 11) is 0. The lowest BCUT2D eigenvalue weighted by Gasteiger charge is -2.46. The van der Waals surface area contributed by atoms with Gasteiger partial charge in [-0.1, -0.05) is 5.16 Å². The molecule has 1 saturated heterocycles. The molecule has 0 aliphatic carbocycles. The van der Waals surface area contributed by atoms with Crippen LogP contribution in [-0.2, 0) is 0 Å². The fraction of sp³-hybridized carbons (Fsp3) is 0.529. The summed E-state index contributed by atoms with van der Waals surface area (Å²) in [6, 6.07) is 3.59. The van der Waals surface area contributed by atoms with E-state index in [-0.39, 0.29) is 28.9 Å². The largest absolute Gasteiger partial charge is 0.345 e. The number of carbonyl (C=O) groups is 1. The number of hydrogen-bond acceptors (Lipinski definition) is 6. The lowest BCUT2D eigenvalue weighted by Crippen LogP contribution is -2.62. The predicted molar refractivity (Wildman–Crippen MR) is 89.3 cm³/mol. The summed E-state index contributed by atoms with van der Waals surface area (Å²) in [5, 5.41) is 10.5. The second-order valence-electron chi connectivity index (χ2n) is 7.63. The quantitative estimate of drug-likeness (QED) is 0.896. The average molecular weight is 329 g/mol. The van der Waals surface area contributed by atoms with Gasteiger partial charge in [-0.25, -0.2) is 0 Å². The molecule has 1 amide bonds. The second kappa shape index (κ2) is 5.98. The first-order valence-corrected chi connectivity index (χ1v) is 8.08. The van der Waals surface area contributed by atoms with Crippen LogP contribution in [0.1, 0.15) is 51.2 Å². The third-order valence-corrected chi connectivity index (χ3v) is 4.08. The molecule has 0 atom stereocenters. The molecule has 2 aromatic rings. The van der Waals surface area contributed by atoms with E-state index in [2.05, 4.69) is 53.5 Å². The van der Waals surface area contributed by atoms with Crippen LogP contribution in [0, 0.1) is 0 Å². The number of rotatable bonds is 3. The number of aromatic nitrogens is 3. The Morgan fingerprint density at radius 2 is 1.83 bits per heavy atom. The van der Waals surface area contributed by atoms with Crippen molar-refractivity contribution in [2.75, 3.05) is 0 Å². The van der Waals surface area contributed by atoms with Crippen LogP contribution >= 0.6 is 0 Å². The lowest BCUT2D eigenvalue weighted by atomic mass is 9.79. The fourth-order valence-electron chi connectivity index (χ4n) is 3.61. The van der Waals surface area contributed by atoms with Crippen molar-refractivity contribution in [3.05, 3.63) is 30.4 Å². The molecule has 0 aromatic carbocycles. The van der Waals surface area contributed by atoms with E-state index < -0.39 is 0 Å². The highest BCUT2D eigenvalue weighted by molar-refractivity contribution is 5.90. The molecule has 3 heterocycles. The Balaban J connectivity index is 1.70. The molecule has 1 aliphatic rings. The van der Waals surface area contributed by atoms with E-state index in [0.717, 1.165) is 18.4 Å². The summed E-state index contributed by atoms with van der Waals surface area (Å²) in [6.45, 7) is 8.56. The first-order valence-electron chi connectivity index (χ1n) is 8.08. The number of hydrogen-bond donors (Lipinski definition) is 2. The minimum Gasteiger partial charge on any atom is -0.345 e. The molecule has 1 aliphatic heterocycles. The molecular formula is C17H23N5O2. The molecule has 24 heavy (non-hydrogen) atoms. The van der Waals surface area contributed by atoms with Crippen LogP contribution < -0.4 is 10.6 Å². The fourth-order valence-corrected chi connectivity index (χ4v) is 3.61. The number of nitrogens with one attached hydrogen (secondary N) is 2. The van der Waals surface area contributed by atoms with E-state index in [1.54, 1.807) is 24.5 Å². The molecule has 0 unspecified atom stereocenters. The van der Waals surface area contributed by atoms with Gasteiger partial charge in [-0.05, 0) is 52.7 Å². The molecule has 0 radical (unpaired) electrons. The van der Waals surface area contributed by atoms with Crippen molar-refractivity contribution in [2.45, 2.75) is 57.7 Å². The van der Waals surface area contributed by atoms with Crippen molar-refractivity contribution in [3.63, 3.8) is 0 Å². The first kappa shape index (κ1) is 16.6. The highest BCUT2D eigenvalue weighted by Gasteiger charge is 2.38. The van der Waals surface area contributed by atoms with Gasteiger partial charge in [-0.15, -0.1) is 0 Å². The summed E-state index contributed by atoms with van der Waals surface area (Å²) in [6.07, 6.45) is 4.97. The van der Waals surface area contributed by atoms with Crippen LogP contribution in [0.25, 0.3) is 11.4 Å². The van der Waals surface area contributed by atoms with Crippen molar-refractivity contribution in [1.29, 1.82) is 0 Å². The van der Waals surface area contributed by atoms with E-state index in [1.807, 2.05) is 0 Å². The second-order valence-corrected chi connectivity index (χ2v) is 7.63. The summed E-state index contributed by atoms with van der Waals surface area (Å²) >= 11 is 0. The van der Waals surface area contributed by atoms with Gasteiger partial charge in [0.15, 0.2) is 0 Å². The third kappa shape index (κ3) is 3.79. The normalized spacial score (nSPS) is 19.8. The summed E-state index contributed by atoms with van der Waals surface area (Å²) in [5.74, 6) is 0.0331. The molecule has 2 aromatic heterocycles. The maximum atomic E-state index is 12.4. The Morgan fingerprint density at radius 1 is 1.21 bits per heavy atom. The minimum atomic E-state index is -0.332. The van der Waals surface area contributed by atoms with Gasteiger partial charge in [0.1, 0.15) is 0 Å². The van der Waals surface area contributed by atoms with Crippen LogP contribution in [0.2, 0.25) is 0 Å². The summed E-state index contributed by atoms with van der Waals surface area (Å²) in [5.41, 5.74) is 0.671. The number of pyridine rings is 1. The van der Waals surface area contributed by atoms with E-state index in [9.17, 15) is 4.79 Å². The Labute approximate surface area is 141 Å². The van der Waals surface area contributed by atoms with Gasteiger partial charge in [0.25, 0.3) is 0 Å². The maximum absolute atomic E-state index is 12.4. The zero-order valence-electron chi connectivity index (χ0n) is 14.5. The standard InChI is InChI=1S/C17H23N5O2/c1-16(2)9-12(10-17(3,4)22-16)19-14(23)15-20-13(21-24-15)11-5-7-18-8-6-11/h5-8,12,22H,9-10H2,1-4H3,(H,19,23). The smallest absolute Gasteiger partial charge is 0.316 e. The number of piperidine rings is 1. The van der Waals surface area contributed by atoms with Crippen molar-refractivity contribution < 1.29 is 9.32 Å². The van der Waals surface area contributed by atoms with Crippen LogP contribution in [0.3, 0.4) is 0 Å². The molecule has 1 fully saturated rings. The average Bonchev–Trinajstić information content (AvgIpc) is 2.94. The third-order valence-electron chi connectivity index (χ3n) is 4.08. The Kier molecular flexibility index (Phi) is 4.13. The molecular weight excluding hydrogens is 306 g/mol. The topological polar surface area (TPSA) is 92.9 Å². The Hall–Kier alpha value is -2.28. The monoisotopic (exact) mass is 329 g/mol. The van der Waals surface area contributed by atoms with E-state index in [0.29, 0.717) is 5.82 Å². The number of nitrogens with zero attached hydrogens (tertiary/aromatic N) is 3. The van der Waals surface area contributed by atoms with Gasteiger partial charge >= 0.3 is 11.8 Å². The zero-order chi connectivity index (χ0) is 17.4. The van der Waals surface area contributed by atoms with E-state index in [1.165, 1.54) is 0 Å². The van der Waals surface area contributed by atoms with Crippen molar-refractivity contribution in [2.24, 2.45) is 0 Å². The molecule has 0 spiro atoms. The molecule has 7 heteroatoms. The van der Waals surface area contributed by atoms with Crippen LogP contribution in [-0.4, -0.2) is 38.2 Å². The van der Waals surface area contributed by atoms with Gasteiger partial charge in [0.05, 0.1) is 0 Å². The highest BCUT2D eigenvalue weighted by atomic mass is 16.5. The Morgan fingerprint density at radius 3 is 2.46 bits per heavy atom. The summed E-state index contributed by atoms with van der Waals surface area (Å²) < 4.78 is 5.12. The van der Waals surface area contributed by atoms with Crippen LogP contribution in [0.5, 0.6) is 0 Å². The molecule has 128 valence electrons. The van der Waals surface area contributed by atoms with Crippen molar-refractivity contribution in [1.82, 2.24) is 25.8 Å². The Bertz CT molecular complexity index is 708. The lowest BCUT2D eigenvalue weighted by molar-refractivity contribution is 0.0830. The SMILES string of the molecule is CC1(C)CC(NC(=O)c2nc(-c3ccncc3)no2)CC(C)(C)N1. The molecule has 0 saturated carbocycles. The van der Waals surface area contributed by atoms with Crippen molar-refractivity contribution in [3.8, 4) is 11.4 Å². The van der Waals surface area contributed by atoms with Gasteiger partial charge in [0, 0.05) is 35.1 Å². The van der Waals surface area contributed by atoms with Crippen LogP contribution in [0.15, 0.2) is 29.0 Å². The van der Waals surface area contributed by atoms with Gasteiger partial charge in [-0.3, -0.25) is 9.78 Å². The highest BCUT2D eigenvalue weighted by Crippen LogP contribution is 2.28. The van der Waals surface area contributed by atoms with Gasteiger partial charge < -0.3 is 15.2 Å². The molecule has 0 bridgehead atoms. The summed E-state index contributed by atoms with van der Waals surface area (Å²) in [4.78, 5) is 20.6. The molecule has 3 rings (SSSR count). The maximum Gasteiger partial charge on any atom is 0.316 e. The van der Waals surface area contributed by atoms with Gasteiger partial charge in [0.2, 0.25) is 5.82 Å². The van der Waals surface area contributed by atoms with Gasteiger partial charge in [-0.2, -0.15) is 4.98 Å². The predicted octanol–water partition coefficient (Wildman–Crippen LogP) is 2.17. The number of amides is 1. The molecule has 2 N–H and O–H groups in total. The molecule has 7 nitrogen and oxygen atoms in total.